The van der Waals surface area contributed by atoms with Crippen LogP contribution in [0.4, 0.5) is 10.1 Å². The first-order valence-electron chi connectivity index (χ1n) is 10.2. The van der Waals surface area contributed by atoms with Crippen LogP contribution < -0.4 is 10.9 Å². The van der Waals surface area contributed by atoms with Crippen molar-refractivity contribution in [3.05, 3.63) is 86.4 Å². The number of carbonyl (C=O) groups is 1. The Labute approximate surface area is 188 Å². The minimum Gasteiger partial charge on any atom is -0.326 e. The van der Waals surface area contributed by atoms with Crippen molar-refractivity contribution in [3.63, 3.8) is 0 Å². The van der Waals surface area contributed by atoms with Gasteiger partial charge in [-0.25, -0.2) is 9.37 Å². The number of anilines is 1. The van der Waals surface area contributed by atoms with Gasteiger partial charge in [-0.1, -0.05) is 17.7 Å². The van der Waals surface area contributed by atoms with E-state index in [4.69, 9.17) is 0 Å². The first kappa shape index (κ1) is 21.7. The standard InChI is InChI=1S/C24H23FN4O2S/c1-14-4-10-20(15(2)12-14)26-22(30)11-9-19-16(3)28-29(23(19)31)24-27-21(13-32-24)17-5-7-18(25)8-6-17/h4-8,10,12-13,28H,9,11H2,1-3H3,(H,26,30). The molecule has 2 N–H and O–H groups in total. The third kappa shape index (κ3) is 4.55. The highest BCUT2D eigenvalue weighted by Crippen LogP contribution is 2.24. The quantitative estimate of drug-likeness (QED) is 0.437. The minimum atomic E-state index is -0.313. The molecule has 2 heterocycles. The number of rotatable bonds is 6. The van der Waals surface area contributed by atoms with E-state index in [1.807, 2.05) is 44.4 Å². The van der Waals surface area contributed by atoms with E-state index in [1.165, 1.54) is 28.2 Å². The second-order valence-corrected chi connectivity index (χ2v) is 8.58. The summed E-state index contributed by atoms with van der Waals surface area (Å²) in [5.41, 5.74) is 5.38. The summed E-state index contributed by atoms with van der Waals surface area (Å²) in [6.07, 6.45) is 0.515. The number of carbonyl (C=O) groups excluding carboxylic acids is 1. The molecule has 0 aliphatic rings. The van der Waals surface area contributed by atoms with Crippen molar-refractivity contribution in [2.24, 2.45) is 0 Å². The van der Waals surface area contributed by atoms with Crippen LogP contribution in [0.25, 0.3) is 16.4 Å². The van der Waals surface area contributed by atoms with E-state index in [9.17, 15) is 14.0 Å². The molecular formula is C24H23FN4O2S. The van der Waals surface area contributed by atoms with Crippen LogP contribution in [0, 0.1) is 26.6 Å². The predicted octanol–water partition coefficient (Wildman–Crippen LogP) is 4.92. The SMILES string of the molecule is Cc1ccc(NC(=O)CCc2c(C)[nH]n(-c3nc(-c4ccc(F)cc4)cs3)c2=O)c(C)c1. The topological polar surface area (TPSA) is 79.8 Å². The summed E-state index contributed by atoms with van der Waals surface area (Å²) in [5.74, 6) is -0.456. The largest absolute Gasteiger partial charge is 0.326 e. The van der Waals surface area contributed by atoms with Crippen LogP contribution in [0.3, 0.4) is 0 Å². The normalized spacial score (nSPS) is 11.0. The molecular weight excluding hydrogens is 427 g/mol. The second-order valence-electron chi connectivity index (χ2n) is 7.74. The van der Waals surface area contributed by atoms with Crippen molar-refractivity contribution in [2.75, 3.05) is 5.32 Å². The van der Waals surface area contributed by atoms with Crippen molar-refractivity contribution in [1.29, 1.82) is 0 Å². The monoisotopic (exact) mass is 450 g/mol. The lowest BCUT2D eigenvalue weighted by Gasteiger charge is -2.08. The molecule has 0 atom stereocenters. The molecule has 4 rings (SSSR count). The lowest BCUT2D eigenvalue weighted by atomic mass is 10.1. The molecule has 1 amide bonds. The maximum absolute atomic E-state index is 13.2. The Morgan fingerprint density at radius 1 is 1.16 bits per heavy atom. The van der Waals surface area contributed by atoms with Crippen molar-refractivity contribution in [3.8, 4) is 16.4 Å². The molecule has 0 saturated heterocycles. The number of benzene rings is 2. The zero-order chi connectivity index (χ0) is 22.8. The van der Waals surface area contributed by atoms with Crippen LogP contribution in [0.5, 0.6) is 0 Å². The van der Waals surface area contributed by atoms with Gasteiger partial charge in [-0.3, -0.25) is 14.7 Å². The van der Waals surface area contributed by atoms with E-state index in [2.05, 4.69) is 15.4 Å². The number of hydrogen-bond donors (Lipinski definition) is 2. The van der Waals surface area contributed by atoms with Gasteiger partial charge in [0.15, 0.2) is 0 Å². The molecule has 2 aromatic carbocycles. The highest BCUT2D eigenvalue weighted by Gasteiger charge is 2.17. The number of H-pyrrole nitrogens is 1. The lowest BCUT2D eigenvalue weighted by molar-refractivity contribution is -0.116. The Balaban J connectivity index is 1.48. The Kier molecular flexibility index (Phi) is 6.05. The van der Waals surface area contributed by atoms with E-state index in [-0.39, 0.29) is 23.7 Å². The molecule has 0 aliphatic carbocycles. The third-order valence-electron chi connectivity index (χ3n) is 5.27. The van der Waals surface area contributed by atoms with E-state index >= 15 is 0 Å². The molecule has 0 bridgehead atoms. The van der Waals surface area contributed by atoms with Gasteiger partial charge in [0.2, 0.25) is 11.0 Å². The molecule has 0 aliphatic heterocycles. The fraction of sp³-hybridized carbons (Fsp3) is 0.208. The number of hydrogen-bond acceptors (Lipinski definition) is 4. The Hall–Kier alpha value is -3.52. The van der Waals surface area contributed by atoms with E-state index < -0.39 is 0 Å². The molecule has 0 saturated carbocycles. The predicted molar refractivity (Wildman–Crippen MR) is 125 cm³/mol. The molecule has 32 heavy (non-hydrogen) atoms. The van der Waals surface area contributed by atoms with Gasteiger partial charge >= 0.3 is 0 Å². The summed E-state index contributed by atoms with van der Waals surface area (Å²) in [7, 11) is 0. The fourth-order valence-electron chi connectivity index (χ4n) is 3.54. The van der Waals surface area contributed by atoms with Crippen molar-refractivity contribution < 1.29 is 9.18 Å². The summed E-state index contributed by atoms with van der Waals surface area (Å²) in [6, 6.07) is 11.9. The lowest BCUT2D eigenvalue weighted by Crippen LogP contribution is -2.19. The molecule has 164 valence electrons. The molecule has 0 unspecified atom stereocenters. The van der Waals surface area contributed by atoms with Gasteiger partial charge in [0, 0.05) is 34.3 Å². The van der Waals surface area contributed by atoms with Gasteiger partial charge in [-0.15, -0.1) is 11.3 Å². The van der Waals surface area contributed by atoms with Crippen molar-refractivity contribution >= 4 is 22.9 Å². The summed E-state index contributed by atoms with van der Waals surface area (Å²) in [4.78, 5) is 29.9. The van der Waals surface area contributed by atoms with E-state index in [0.717, 1.165) is 22.4 Å². The van der Waals surface area contributed by atoms with Crippen LogP contribution in [0.1, 0.15) is 28.8 Å². The first-order chi connectivity index (χ1) is 15.3. The van der Waals surface area contributed by atoms with Crippen LogP contribution in [-0.4, -0.2) is 20.7 Å². The molecule has 0 spiro atoms. The van der Waals surface area contributed by atoms with Crippen LogP contribution in [0.2, 0.25) is 0 Å². The summed E-state index contributed by atoms with van der Waals surface area (Å²) in [6.45, 7) is 5.76. The van der Waals surface area contributed by atoms with Gasteiger partial charge in [-0.2, -0.15) is 4.68 Å². The Morgan fingerprint density at radius 2 is 1.91 bits per heavy atom. The molecule has 0 fully saturated rings. The maximum atomic E-state index is 13.2. The molecule has 8 heteroatoms. The molecule has 0 radical (unpaired) electrons. The highest BCUT2D eigenvalue weighted by molar-refractivity contribution is 7.12. The van der Waals surface area contributed by atoms with E-state index in [1.54, 1.807) is 12.1 Å². The smallest absolute Gasteiger partial charge is 0.276 e. The number of aryl methyl sites for hydroxylation is 3. The summed E-state index contributed by atoms with van der Waals surface area (Å²) < 4.78 is 14.6. The number of amides is 1. The van der Waals surface area contributed by atoms with Gasteiger partial charge in [0.05, 0.1) is 5.69 Å². The Morgan fingerprint density at radius 3 is 2.62 bits per heavy atom. The van der Waals surface area contributed by atoms with Crippen LogP contribution in [-0.2, 0) is 11.2 Å². The average Bonchev–Trinajstić information content (AvgIpc) is 3.34. The zero-order valence-electron chi connectivity index (χ0n) is 18.0. The minimum absolute atomic E-state index is 0.142. The van der Waals surface area contributed by atoms with Gasteiger partial charge in [-0.05, 0) is 63.1 Å². The highest BCUT2D eigenvalue weighted by atomic mass is 32.1. The van der Waals surface area contributed by atoms with Crippen LogP contribution >= 0.6 is 11.3 Å². The van der Waals surface area contributed by atoms with Gasteiger partial charge in [0.25, 0.3) is 5.56 Å². The average molecular weight is 451 g/mol. The number of aromatic amines is 1. The van der Waals surface area contributed by atoms with Gasteiger partial charge < -0.3 is 5.32 Å². The number of nitrogens with zero attached hydrogens (tertiary/aromatic N) is 2. The summed E-state index contributed by atoms with van der Waals surface area (Å²) in [5, 5.41) is 8.28. The zero-order valence-corrected chi connectivity index (χ0v) is 18.8. The first-order valence-corrected chi connectivity index (χ1v) is 11.1. The van der Waals surface area contributed by atoms with Crippen LogP contribution in [0.15, 0.2) is 52.6 Å². The molecule has 2 aromatic heterocycles. The summed E-state index contributed by atoms with van der Waals surface area (Å²) >= 11 is 1.31. The number of aromatic nitrogens is 3. The number of nitrogens with one attached hydrogen (secondary N) is 2. The van der Waals surface area contributed by atoms with E-state index in [0.29, 0.717) is 28.5 Å². The van der Waals surface area contributed by atoms with Crippen molar-refractivity contribution in [2.45, 2.75) is 33.6 Å². The number of thiazole rings is 1. The number of halogens is 1. The maximum Gasteiger partial charge on any atom is 0.276 e. The van der Waals surface area contributed by atoms with Crippen molar-refractivity contribution in [1.82, 2.24) is 14.8 Å². The second kappa shape index (κ2) is 8.92. The Bertz CT molecular complexity index is 1340. The fourth-order valence-corrected chi connectivity index (χ4v) is 4.33. The molecule has 6 nitrogen and oxygen atoms in total. The van der Waals surface area contributed by atoms with Gasteiger partial charge in [0.1, 0.15) is 5.82 Å². The molecule has 4 aromatic rings. The third-order valence-corrected chi connectivity index (χ3v) is 6.10.